The van der Waals surface area contributed by atoms with Gasteiger partial charge in [-0.3, -0.25) is 4.79 Å². The Balaban J connectivity index is 1.72. The van der Waals surface area contributed by atoms with E-state index in [1.165, 1.54) is 17.1 Å². The van der Waals surface area contributed by atoms with Crippen molar-refractivity contribution in [3.05, 3.63) is 65.2 Å². The molecule has 0 spiro atoms. The highest BCUT2D eigenvalue weighted by atomic mass is 32.2. The summed E-state index contributed by atoms with van der Waals surface area (Å²) in [5, 5.41) is 3.83. The maximum absolute atomic E-state index is 11.8. The lowest BCUT2D eigenvalue weighted by Crippen LogP contribution is -2.17. The molecule has 4 rings (SSSR count). The molecule has 5 heteroatoms. The van der Waals surface area contributed by atoms with Crippen LogP contribution in [-0.4, -0.2) is 15.2 Å². The summed E-state index contributed by atoms with van der Waals surface area (Å²) in [5.41, 5.74) is 4.35. The molecular formula is C18H12N2OS2. The van der Waals surface area contributed by atoms with Crippen molar-refractivity contribution in [1.82, 2.24) is 10.3 Å². The number of hydrogen-bond acceptors (Lipinski definition) is 3. The average molecular weight is 336 g/mol. The minimum Gasteiger partial charge on any atom is -0.361 e. The van der Waals surface area contributed by atoms with Gasteiger partial charge in [0, 0.05) is 11.7 Å². The zero-order valence-electron chi connectivity index (χ0n) is 12.0. The number of amides is 1. The lowest BCUT2D eigenvalue weighted by Gasteiger charge is -2.04. The Bertz CT molecular complexity index is 972. The Labute approximate surface area is 142 Å². The Morgan fingerprint density at radius 2 is 1.91 bits per heavy atom. The average Bonchev–Trinajstić information content (AvgIpc) is 3.13. The van der Waals surface area contributed by atoms with Gasteiger partial charge in [0.05, 0.1) is 4.91 Å². The lowest BCUT2D eigenvalue weighted by atomic mass is 10.0. The van der Waals surface area contributed by atoms with Gasteiger partial charge in [-0.15, -0.1) is 0 Å². The minimum atomic E-state index is -0.127. The van der Waals surface area contributed by atoms with Crippen molar-refractivity contribution in [1.29, 1.82) is 0 Å². The highest BCUT2D eigenvalue weighted by Crippen LogP contribution is 2.28. The van der Waals surface area contributed by atoms with Crippen LogP contribution in [0.3, 0.4) is 0 Å². The van der Waals surface area contributed by atoms with E-state index in [0.717, 1.165) is 22.2 Å². The Morgan fingerprint density at radius 1 is 1.04 bits per heavy atom. The second-order valence-corrected chi connectivity index (χ2v) is 6.98. The standard InChI is InChI=1S/C18H12N2OS2/c21-17-16(23-18(22)20-17)9-11-2-1-3-13(8-11)14-5-4-12-6-7-19-15(12)10-14/h1-10,19H,(H,20,21,22)/b16-9-. The fourth-order valence-corrected chi connectivity index (χ4v) is 3.65. The van der Waals surface area contributed by atoms with Crippen molar-refractivity contribution >= 4 is 51.2 Å². The van der Waals surface area contributed by atoms with E-state index in [-0.39, 0.29) is 5.91 Å². The van der Waals surface area contributed by atoms with E-state index in [2.05, 4.69) is 46.7 Å². The van der Waals surface area contributed by atoms with Gasteiger partial charge >= 0.3 is 0 Å². The van der Waals surface area contributed by atoms with Crippen LogP contribution in [0.5, 0.6) is 0 Å². The molecule has 2 N–H and O–H groups in total. The van der Waals surface area contributed by atoms with Crippen molar-refractivity contribution < 1.29 is 4.79 Å². The third-order valence-electron chi connectivity index (χ3n) is 3.71. The number of carbonyl (C=O) groups is 1. The van der Waals surface area contributed by atoms with Crippen LogP contribution in [0, 0.1) is 0 Å². The first-order chi connectivity index (χ1) is 11.2. The van der Waals surface area contributed by atoms with Crippen LogP contribution in [0.15, 0.2) is 59.6 Å². The summed E-state index contributed by atoms with van der Waals surface area (Å²) < 4.78 is 0.509. The molecule has 1 aromatic heterocycles. The number of benzene rings is 2. The quantitative estimate of drug-likeness (QED) is 0.541. The lowest BCUT2D eigenvalue weighted by molar-refractivity contribution is -0.115. The van der Waals surface area contributed by atoms with Crippen LogP contribution in [0.4, 0.5) is 0 Å². The number of thioether (sulfide) groups is 1. The first-order valence-corrected chi connectivity index (χ1v) is 8.34. The van der Waals surface area contributed by atoms with E-state index in [9.17, 15) is 4.79 Å². The molecule has 23 heavy (non-hydrogen) atoms. The fourth-order valence-electron chi connectivity index (χ4n) is 2.61. The number of aromatic nitrogens is 1. The number of H-pyrrole nitrogens is 1. The molecule has 1 fully saturated rings. The maximum atomic E-state index is 11.8. The predicted molar refractivity (Wildman–Crippen MR) is 100 cm³/mol. The smallest absolute Gasteiger partial charge is 0.263 e. The normalized spacial score (nSPS) is 16.3. The molecule has 1 aliphatic heterocycles. The van der Waals surface area contributed by atoms with E-state index >= 15 is 0 Å². The van der Waals surface area contributed by atoms with E-state index in [4.69, 9.17) is 12.2 Å². The molecule has 3 nitrogen and oxygen atoms in total. The van der Waals surface area contributed by atoms with Crippen LogP contribution >= 0.6 is 24.0 Å². The Kier molecular flexibility index (Phi) is 3.52. The molecule has 0 bridgehead atoms. The van der Waals surface area contributed by atoms with E-state index in [1.807, 2.05) is 24.4 Å². The molecule has 1 amide bonds. The van der Waals surface area contributed by atoms with Gasteiger partial charge in [-0.05, 0) is 46.4 Å². The highest BCUT2D eigenvalue weighted by molar-refractivity contribution is 8.26. The molecule has 2 heterocycles. The molecule has 2 aromatic carbocycles. The third kappa shape index (κ3) is 2.81. The number of carbonyl (C=O) groups excluding carboxylic acids is 1. The van der Waals surface area contributed by atoms with E-state index < -0.39 is 0 Å². The van der Waals surface area contributed by atoms with E-state index in [0.29, 0.717) is 9.23 Å². The number of aromatic amines is 1. The van der Waals surface area contributed by atoms with Gasteiger partial charge in [-0.2, -0.15) is 0 Å². The SMILES string of the molecule is O=C1NC(=S)S/C1=C\c1cccc(-c2ccc3cc[nH]c3c2)c1. The summed E-state index contributed by atoms with van der Waals surface area (Å²) in [4.78, 5) is 15.6. The van der Waals surface area contributed by atoms with Gasteiger partial charge in [-0.25, -0.2) is 0 Å². The van der Waals surface area contributed by atoms with Crippen molar-refractivity contribution in [3.63, 3.8) is 0 Å². The van der Waals surface area contributed by atoms with Crippen molar-refractivity contribution in [2.45, 2.75) is 0 Å². The van der Waals surface area contributed by atoms with Crippen LogP contribution < -0.4 is 5.32 Å². The zero-order valence-corrected chi connectivity index (χ0v) is 13.6. The van der Waals surface area contributed by atoms with Gasteiger partial charge in [-0.1, -0.05) is 54.3 Å². The van der Waals surface area contributed by atoms with Crippen LogP contribution in [-0.2, 0) is 4.79 Å². The van der Waals surface area contributed by atoms with Crippen molar-refractivity contribution in [3.8, 4) is 11.1 Å². The number of hydrogen-bond donors (Lipinski definition) is 2. The van der Waals surface area contributed by atoms with Crippen LogP contribution in [0.2, 0.25) is 0 Å². The molecule has 0 atom stereocenters. The molecule has 0 saturated carbocycles. The monoisotopic (exact) mass is 336 g/mol. The van der Waals surface area contributed by atoms with Gasteiger partial charge in [0.15, 0.2) is 0 Å². The van der Waals surface area contributed by atoms with Crippen molar-refractivity contribution in [2.75, 3.05) is 0 Å². The van der Waals surface area contributed by atoms with Crippen molar-refractivity contribution in [2.24, 2.45) is 0 Å². The molecule has 3 aromatic rings. The topological polar surface area (TPSA) is 44.9 Å². The highest BCUT2D eigenvalue weighted by Gasteiger charge is 2.21. The summed E-state index contributed by atoms with van der Waals surface area (Å²) in [6, 6.07) is 16.5. The summed E-state index contributed by atoms with van der Waals surface area (Å²) in [7, 11) is 0. The molecule has 0 unspecified atom stereocenters. The molecule has 1 aliphatic rings. The van der Waals surface area contributed by atoms with Crippen LogP contribution in [0.25, 0.3) is 28.1 Å². The summed E-state index contributed by atoms with van der Waals surface area (Å²) in [6.45, 7) is 0. The Hall–Kier alpha value is -2.37. The van der Waals surface area contributed by atoms with Gasteiger partial charge < -0.3 is 10.3 Å². The van der Waals surface area contributed by atoms with Gasteiger partial charge in [0.1, 0.15) is 4.32 Å². The van der Waals surface area contributed by atoms with Gasteiger partial charge in [0.25, 0.3) is 5.91 Å². The summed E-state index contributed by atoms with van der Waals surface area (Å²) in [6.07, 6.45) is 3.81. The molecule has 112 valence electrons. The van der Waals surface area contributed by atoms with E-state index in [1.54, 1.807) is 0 Å². The largest absolute Gasteiger partial charge is 0.361 e. The first kappa shape index (κ1) is 14.2. The molecule has 1 saturated heterocycles. The summed E-state index contributed by atoms with van der Waals surface area (Å²) >= 11 is 6.31. The number of rotatable bonds is 2. The maximum Gasteiger partial charge on any atom is 0.263 e. The minimum absolute atomic E-state index is 0.127. The number of nitrogens with one attached hydrogen (secondary N) is 2. The Morgan fingerprint density at radius 3 is 2.74 bits per heavy atom. The number of fused-ring (bicyclic) bond motifs is 1. The van der Waals surface area contributed by atoms with Gasteiger partial charge in [0.2, 0.25) is 0 Å². The fraction of sp³-hybridized carbons (Fsp3) is 0. The summed E-state index contributed by atoms with van der Waals surface area (Å²) in [5.74, 6) is -0.127. The second kappa shape index (κ2) is 5.68. The zero-order chi connectivity index (χ0) is 15.8. The second-order valence-electron chi connectivity index (χ2n) is 5.26. The molecule has 0 radical (unpaired) electrons. The predicted octanol–water partition coefficient (Wildman–Crippen LogP) is 4.32. The third-order valence-corrected chi connectivity index (χ3v) is 4.88. The molecular weight excluding hydrogens is 324 g/mol. The van der Waals surface area contributed by atoms with Crippen LogP contribution in [0.1, 0.15) is 5.56 Å². The first-order valence-electron chi connectivity index (χ1n) is 7.11. The molecule has 0 aliphatic carbocycles. The number of thiocarbonyl (C=S) groups is 1.